The Bertz CT molecular complexity index is 652. The molecule has 0 saturated carbocycles. The highest BCUT2D eigenvalue weighted by Gasteiger charge is 2.25. The Hall–Kier alpha value is -2.11. The van der Waals surface area contributed by atoms with Gasteiger partial charge in [-0.3, -0.25) is 9.48 Å². The van der Waals surface area contributed by atoms with Gasteiger partial charge in [0.1, 0.15) is 5.76 Å². The van der Waals surface area contributed by atoms with Crippen LogP contribution >= 0.6 is 0 Å². The number of fused-ring (bicyclic) bond motifs is 1. The van der Waals surface area contributed by atoms with Crippen LogP contribution in [0.3, 0.4) is 0 Å². The Morgan fingerprint density at radius 3 is 3.05 bits per heavy atom. The summed E-state index contributed by atoms with van der Waals surface area (Å²) in [7, 11) is 1.95. The number of hydrogen-bond donors (Lipinski definition) is 1. The fourth-order valence-corrected chi connectivity index (χ4v) is 3.02. The monoisotopic (exact) mass is 288 g/mol. The van der Waals surface area contributed by atoms with E-state index in [1.807, 2.05) is 31.8 Å². The van der Waals surface area contributed by atoms with Crippen molar-refractivity contribution in [2.45, 2.75) is 45.6 Å². The molecule has 2 aromatic rings. The van der Waals surface area contributed by atoms with E-state index < -0.39 is 0 Å². The van der Waals surface area contributed by atoms with E-state index in [9.17, 15) is 4.79 Å². The van der Waals surface area contributed by atoms with E-state index in [0.29, 0.717) is 12.2 Å². The number of aryl methyl sites for hydroxylation is 3. The van der Waals surface area contributed by atoms with E-state index in [0.717, 1.165) is 36.1 Å². The minimum atomic E-state index is 0.00565. The summed E-state index contributed by atoms with van der Waals surface area (Å²) in [6.07, 6.45) is 5.25. The quantitative estimate of drug-likeness (QED) is 0.934. The number of aromatic nitrogens is 3. The molecule has 1 N–H and O–H groups in total. The van der Waals surface area contributed by atoms with Gasteiger partial charge in [0.25, 0.3) is 0 Å². The summed E-state index contributed by atoms with van der Waals surface area (Å²) in [5, 5.41) is 11.3. The molecule has 0 radical (unpaired) electrons. The van der Waals surface area contributed by atoms with Crippen molar-refractivity contribution in [1.82, 2.24) is 20.3 Å². The van der Waals surface area contributed by atoms with Crippen molar-refractivity contribution in [3.63, 3.8) is 0 Å². The maximum absolute atomic E-state index is 12.3. The first-order chi connectivity index (χ1) is 10.1. The number of nitrogens with zero attached hydrogens (tertiary/aromatic N) is 3. The SMILES string of the molecule is Cc1noc(C)c1CC(=O)N[C@@H]1CCCc2c1cnn2C. The second-order valence-electron chi connectivity index (χ2n) is 5.66. The smallest absolute Gasteiger partial charge is 0.225 e. The van der Waals surface area contributed by atoms with Gasteiger partial charge in [-0.1, -0.05) is 5.16 Å². The molecule has 0 unspecified atom stereocenters. The Morgan fingerprint density at radius 2 is 2.33 bits per heavy atom. The highest BCUT2D eigenvalue weighted by molar-refractivity contribution is 5.79. The zero-order valence-electron chi connectivity index (χ0n) is 12.6. The number of amides is 1. The van der Waals surface area contributed by atoms with Gasteiger partial charge < -0.3 is 9.84 Å². The molecule has 0 aliphatic heterocycles. The minimum Gasteiger partial charge on any atom is -0.361 e. The lowest BCUT2D eigenvalue weighted by atomic mass is 9.93. The summed E-state index contributed by atoms with van der Waals surface area (Å²) in [6.45, 7) is 3.70. The first-order valence-electron chi connectivity index (χ1n) is 7.28. The maximum atomic E-state index is 12.3. The molecule has 0 aromatic carbocycles. The molecule has 3 rings (SSSR count). The van der Waals surface area contributed by atoms with Crippen molar-refractivity contribution >= 4 is 5.91 Å². The number of nitrogens with one attached hydrogen (secondary N) is 1. The first kappa shape index (κ1) is 13.9. The van der Waals surface area contributed by atoms with Crippen LogP contribution in [-0.2, 0) is 24.7 Å². The summed E-state index contributed by atoms with van der Waals surface area (Å²) in [4.78, 5) is 12.3. The second-order valence-corrected chi connectivity index (χ2v) is 5.66. The minimum absolute atomic E-state index is 0.00565. The Morgan fingerprint density at radius 1 is 1.52 bits per heavy atom. The van der Waals surface area contributed by atoms with Crippen LogP contribution in [0.25, 0.3) is 0 Å². The van der Waals surface area contributed by atoms with Crippen LogP contribution < -0.4 is 5.32 Å². The Balaban J connectivity index is 1.71. The summed E-state index contributed by atoms with van der Waals surface area (Å²) < 4.78 is 7.01. The third kappa shape index (κ3) is 2.57. The average Bonchev–Trinajstić information content (AvgIpc) is 2.98. The second kappa shape index (κ2) is 5.35. The van der Waals surface area contributed by atoms with Crippen LogP contribution in [0.5, 0.6) is 0 Å². The third-order valence-electron chi connectivity index (χ3n) is 4.23. The third-order valence-corrected chi connectivity index (χ3v) is 4.23. The molecule has 1 aliphatic rings. The van der Waals surface area contributed by atoms with Gasteiger partial charge in [-0.15, -0.1) is 0 Å². The van der Waals surface area contributed by atoms with Gasteiger partial charge in [0.2, 0.25) is 5.91 Å². The molecule has 0 fully saturated rings. The van der Waals surface area contributed by atoms with Crippen molar-refractivity contribution in [1.29, 1.82) is 0 Å². The van der Waals surface area contributed by atoms with Crippen LogP contribution in [0, 0.1) is 13.8 Å². The zero-order chi connectivity index (χ0) is 15.0. The lowest BCUT2D eigenvalue weighted by Gasteiger charge is -2.23. The van der Waals surface area contributed by atoms with E-state index in [4.69, 9.17) is 4.52 Å². The standard InChI is InChI=1S/C15H20N4O2/c1-9-11(10(2)21-18-9)7-15(20)17-13-5-4-6-14-12(13)8-16-19(14)3/h8,13H,4-7H2,1-3H3,(H,17,20)/t13-/m1/s1. The predicted molar refractivity (Wildman–Crippen MR) is 76.7 cm³/mol. The van der Waals surface area contributed by atoms with Crippen molar-refractivity contribution in [3.05, 3.63) is 34.5 Å². The molecule has 6 heteroatoms. The fourth-order valence-electron chi connectivity index (χ4n) is 3.02. The highest BCUT2D eigenvalue weighted by atomic mass is 16.5. The summed E-state index contributed by atoms with van der Waals surface area (Å²) in [6, 6.07) is 0.0652. The summed E-state index contributed by atoms with van der Waals surface area (Å²) in [5.41, 5.74) is 4.04. The Kier molecular flexibility index (Phi) is 3.53. The van der Waals surface area contributed by atoms with E-state index in [1.54, 1.807) is 0 Å². The maximum Gasteiger partial charge on any atom is 0.225 e. The zero-order valence-corrected chi connectivity index (χ0v) is 12.6. The first-order valence-corrected chi connectivity index (χ1v) is 7.28. The molecular weight excluding hydrogens is 268 g/mol. The van der Waals surface area contributed by atoms with Crippen molar-refractivity contribution in [3.8, 4) is 0 Å². The molecule has 6 nitrogen and oxygen atoms in total. The lowest BCUT2D eigenvalue weighted by Crippen LogP contribution is -2.32. The predicted octanol–water partition coefficient (Wildman–Crippen LogP) is 1.76. The highest BCUT2D eigenvalue weighted by Crippen LogP contribution is 2.29. The molecule has 0 saturated heterocycles. The van der Waals surface area contributed by atoms with Gasteiger partial charge in [0, 0.05) is 23.9 Å². The molecule has 1 atom stereocenters. The summed E-state index contributed by atoms with van der Waals surface area (Å²) >= 11 is 0. The van der Waals surface area contributed by atoms with Crippen LogP contribution in [0.2, 0.25) is 0 Å². The van der Waals surface area contributed by atoms with E-state index >= 15 is 0 Å². The average molecular weight is 288 g/mol. The lowest BCUT2D eigenvalue weighted by molar-refractivity contribution is -0.121. The van der Waals surface area contributed by atoms with Gasteiger partial charge >= 0.3 is 0 Å². The van der Waals surface area contributed by atoms with E-state index in [2.05, 4.69) is 15.6 Å². The van der Waals surface area contributed by atoms with Gasteiger partial charge in [-0.05, 0) is 33.1 Å². The number of carbonyl (C=O) groups excluding carboxylic acids is 1. The number of hydrogen-bond acceptors (Lipinski definition) is 4. The molecular formula is C15H20N4O2. The molecule has 21 heavy (non-hydrogen) atoms. The van der Waals surface area contributed by atoms with Gasteiger partial charge in [0.15, 0.2) is 0 Å². The molecule has 112 valence electrons. The van der Waals surface area contributed by atoms with Gasteiger partial charge in [0.05, 0.1) is 24.4 Å². The normalized spacial score (nSPS) is 17.6. The van der Waals surface area contributed by atoms with E-state index in [1.165, 1.54) is 5.69 Å². The molecule has 2 heterocycles. The Labute approximate surface area is 123 Å². The van der Waals surface area contributed by atoms with Crippen molar-refractivity contribution < 1.29 is 9.32 Å². The van der Waals surface area contributed by atoms with Crippen LogP contribution in [-0.4, -0.2) is 20.8 Å². The van der Waals surface area contributed by atoms with E-state index in [-0.39, 0.29) is 11.9 Å². The van der Waals surface area contributed by atoms with Crippen LogP contribution in [0.4, 0.5) is 0 Å². The molecule has 2 aromatic heterocycles. The number of carbonyl (C=O) groups is 1. The molecule has 1 aliphatic carbocycles. The topological polar surface area (TPSA) is 73.0 Å². The van der Waals surface area contributed by atoms with Crippen molar-refractivity contribution in [2.24, 2.45) is 7.05 Å². The van der Waals surface area contributed by atoms with Crippen LogP contribution in [0.1, 0.15) is 47.2 Å². The summed E-state index contributed by atoms with van der Waals surface area (Å²) in [5.74, 6) is 0.722. The van der Waals surface area contributed by atoms with Crippen LogP contribution in [0.15, 0.2) is 10.7 Å². The van der Waals surface area contributed by atoms with Gasteiger partial charge in [-0.2, -0.15) is 5.10 Å². The van der Waals surface area contributed by atoms with Crippen molar-refractivity contribution in [2.75, 3.05) is 0 Å². The largest absolute Gasteiger partial charge is 0.361 e. The fraction of sp³-hybridized carbons (Fsp3) is 0.533. The van der Waals surface area contributed by atoms with Gasteiger partial charge in [-0.25, -0.2) is 0 Å². The molecule has 0 bridgehead atoms. The number of rotatable bonds is 3. The molecule has 1 amide bonds. The molecule has 0 spiro atoms.